The van der Waals surface area contributed by atoms with Gasteiger partial charge in [-0.3, -0.25) is 4.79 Å². The number of anilines is 1. The number of hydrogen-bond acceptors (Lipinski definition) is 3. The molecule has 2 aromatic carbocycles. The fourth-order valence-electron chi connectivity index (χ4n) is 3.80. The monoisotopic (exact) mass is 365 g/mol. The van der Waals surface area contributed by atoms with E-state index in [1.165, 1.54) is 4.90 Å². The van der Waals surface area contributed by atoms with Gasteiger partial charge in [0, 0.05) is 35.5 Å². The summed E-state index contributed by atoms with van der Waals surface area (Å²) in [5, 5.41) is 0. The summed E-state index contributed by atoms with van der Waals surface area (Å²) in [5.41, 5.74) is 3.14. The van der Waals surface area contributed by atoms with Crippen LogP contribution in [0.1, 0.15) is 38.1 Å². The van der Waals surface area contributed by atoms with Crippen molar-refractivity contribution in [2.75, 3.05) is 17.7 Å². The van der Waals surface area contributed by atoms with Crippen LogP contribution in [0.5, 0.6) is 0 Å². The molecule has 0 radical (unpaired) electrons. The number of rotatable bonds is 4. The summed E-state index contributed by atoms with van der Waals surface area (Å²) in [6, 6.07) is 16.7. The Bertz CT molecular complexity index is 963. The normalized spacial score (nSPS) is 17.6. The molecule has 0 spiro atoms. The number of aromatic nitrogens is 2. The van der Waals surface area contributed by atoms with Crippen molar-refractivity contribution in [2.24, 2.45) is 0 Å². The van der Waals surface area contributed by atoms with Crippen molar-refractivity contribution >= 4 is 34.4 Å². The Balaban J connectivity index is 1.71. The maximum atomic E-state index is 12.7. The van der Waals surface area contributed by atoms with Crippen LogP contribution in [0, 0.1) is 0 Å². The number of fused-ring (bicyclic) bond motifs is 1. The highest BCUT2D eigenvalue weighted by molar-refractivity contribution is 7.98. The van der Waals surface area contributed by atoms with Crippen LogP contribution in [-0.2, 0) is 4.79 Å². The van der Waals surface area contributed by atoms with Crippen LogP contribution in [0.25, 0.3) is 11.0 Å². The average molecular weight is 366 g/mol. The quantitative estimate of drug-likeness (QED) is 0.620. The predicted molar refractivity (Wildman–Crippen MR) is 108 cm³/mol. The minimum Gasteiger partial charge on any atom is -0.325 e. The van der Waals surface area contributed by atoms with E-state index in [1.807, 2.05) is 35.2 Å². The SMILES string of the molecule is CSc1cccc(N2CC(c3nc4ccccc4n3C(C)C)CC2=O)c1. The molecular weight excluding hydrogens is 342 g/mol. The van der Waals surface area contributed by atoms with E-state index in [9.17, 15) is 4.79 Å². The van der Waals surface area contributed by atoms with E-state index >= 15 is 0 Å². The minimum absolute atomic E-state index is 0.121. The first kappa shape index (κ1) is 17.2. The van der Waals surface area contributed by atoms with Crippen molar-refractivity contribution in [3.63, 3.8) is 0 Å². The number of benzene rings is 2. The summed E-state index contributed by atoms with van der Waals surface area (Å²) in [6.07, 6.45) is 2.57. The van der Waals surface area contributed by atoms with E-state index in [0.29, 0.717) is 19.0 Å². The Morgan fingerprint density at radius 1 is 1.15 bits per heavy atom. The molecule has 134 valence electrons. The van der Waals surface area contributed by atoms with Gasteiger partial charge in [0.1, 0.15) is 5.82 Å². The van der Waals surface area contributed by atoms with Crippen molar-refractivity contribution in [3.05, 3.63) is 54.4 Å². The second-order valence-electron chi connectivity index (χ2n) is 7.03. The molecule has 1 aliphatic rings. The van der Waals surface area contributed by atoms with Crippen LogP contribution in [0.2, 0.25) is 0 Å². The van der Waals surface area contributed by atoms with Gasteiger partial charge in [0.25, 0.3) is 0 Å². The van der Waals surface area contributed by atoms with E-state index in [2.05, 4.69) is 42.9 Å². The molecule has 4 nitrogen and oxygen atoms in total. The fraction of sp³-hybridized carbons (Fsp3) is 0.333. The van der Waals surface area contributed by atoms with E-state index in [0.717, 1.165) is 22.5 Å². The van der Waals surface area contributed by atoms with Crippen molar-refractivity contribution in [1.29, 1.82) is 0 Å². The molecule has 1 amide bonds. The molecule has 3 aromatic rings. The molecule has 26 heavy (non-hydrogen) atoms. The third-order valence-electron chi connectivity index (χ3n) is 4.99. The highest BCUT2D eigenvalue weighted by atomic mass is 32.2. The van der Waals surface area contributed by atoms with E-state index < -0.39 is 0 Å². The van der Waals surface area contributed by atoms with E-state index in [-0.39, 0.29) is 11.8 Å². The summed E-state index contributed by atoms with van der Waals surface area (Å²) in [4.78, 5) is 20.7. The zero-order valence-electron chi connectivity index (χ0n) is 15.3. The van der Waals surface area contributed by atoms with Crippen LogP contribution in [0.3, 0.4) is 0 Å². The Morgan fingerprint density at radius 2 is 1.96 bits per heavy atom. The molecule has 1 fully saturated rings. The van der Waals surface area contributed by atoms with Gasteiger partial charge in [-0.1, -0.05) is 18.2 Å². The highest BCUT2D eigenvalue weighted by Crippen LogP contribution is 2.35. The zero-order valence-corrected chi connectivity index (χ0v) is 16.2. The van der Waals surface area contributed by atoms with E-state index in [1.54, 1.807) is 11.8 Å². The van der Waals surface area contributed by atoms with Gasteiger partial charge in [0.2, 0.25) is 5.91 Å². The largest absolute Gasteiger partial charge is 0.325 e. The molecule has 0 aliphatic carbocycles. The molecule has 0 N–H and O–H groups in total. The number of thioether (sulfide) groups is 1. The third kappa shape index (κ3) is 2.90. The Morgan fingerprint density at radius 3 is 2.73 bits per heavy atom. The molecule has 1 saturated heterocycles. The first-order valence-electron chi connectivity index (χ1n) is 8.99. The topological polar surface area (TPSA) is 38.1 Å². The van der Waals surface area contributed by atoms with Gasteiger partial charge < -0.3 is 9.47 Å². The molecule has 0 saturated carbocycles. The summed E-state index contributed by atoms with van der Waals surface area (Å²) >= 11 is 1.70. The van der Waals surface area contributed by atoms with Gasteiger partial charge in [0.05, 0.1) is 11.0 Å². The molecule has 1 unspecified atom stereocenters. The number of carbonyl (C=O) groups is 1. The van der Waals surface area contributed by atoms with Crippen LogP contribution in [0.4, 0.5) is 5.69 Å². The Kier molecular flexibility index (Phi) is 4.49. The summed E-state index contributed by atoms with van der Waals surface area (Å²) in [7, 11) is 0. The Labute approximate surface area is 158 Å². The van der Waals surface area contributed by atoms with Crippen LogP contribution >= 0.6 is 11.8 Å². The van der Waals surface area contributed by atoms with Crippen molar-refractivity contribution in [2.45, 2.75) is 37.1 Å². The summed E-state index contributed by atoms with van der Waals surface area (Å²) < 4.78 is 2.29. The fourth-order valence-corrected chi connectivity index (χ4v) is 4.26. The van der Waals surface area contributed by atoms with Gasteiger partial charge in [-0.05, 0) is 50.4 Å². The molecule has 1 aliphatic heterocycles. The van der Waals surface area contributed by atoms with Crippen LogP contribution in [0.15, 0.2) is 53.4 Å². The maximum Gasteiger partial charge on any atom is 0.227 e. The molecule has 0 bridgehead atoms. The summed E-state index contributed by atoms with van der Waals surface area (Å²) in [5.74, 6) is 1.32. The van der Waals surface area contributed by atoms with Crippen LogP contribution in [-0.4, -0.2) is 28.3 Å². The molecule has 5 heteroatoms. The van der Waals surface area contributed by atoms with Crippen molar-refractivity contribution < 1.29 is 4.79 Å². The molecule has 1 aromatic heterocycles. The van der Waals surface area contributed by atoms with Gasteiger partial charge in [0.15, 0.2) is 0 Å². The lowest BCUT2D eigenvalue weighted by Gasteiger charge is -2.19. The number of hydrogen-bond donors (Lipinski definition) is 0. The second kappa shape index (κ2) is 6.80. The minimum atomic E-state index is 0.121. The maximum absolute atomic E-state index is 12.7. The predicted octanol–water partition coefficient (Wildman–Crippen LogP) is 4.86. The smallest absolute Gasteiger partial charge is 0.227 e. The van der Waals surface area contributed by atoms with E-state index in [4.69, 9.17) is 4.98 Å². The number of para-hydroxylation sites is 2. The Hall–Kier alpha value is -2.27. The number of carbonyl (C=O) groups excluding carboxylic acids is 1. The van der Waals surface area contributed by atoms with Gasteiger partial charge in [-0.25, -0.2) is 4.98 Å². The van der Waals surface area contributed by atoms with Gasteiger partial charge in [-0.2, -0.15) is 0 Å². The summed E-state index contributed by atoms with van der Waals surface area (Å²) in [6.45, 7) is 5.04. The first-order valence-corrected chi connectivity index (χ1v) is 10.2. The molecule has 2 heterocycles. The van der Waals surface area contributed by atoms with Gasteiger partial charge in [-0.15, -0.1) is 11.8 Å². The molecular formula is C21H23N3OS. The molecule has 1 atom stereocenters. The van der Waals surface area contributed by atoms with Crippen LogP contribution < -0.4 is 4.90 Å². The number of nitrogens with zero attached hydrogens (tertiary/aromatic N) is 3. The average Bonchev–Trinajstić information content (AvgIpc) is 3.22. The first-order chi connectivity index (χ1) is 12.6. The highest BCUT2D eigenvalue weighted by Gasteiger charge is 2.35. The molecule has 4 rings (SSSR count). The lowest BCUT2D eigenvalue weighted by Crippen LogP contribution is -2.24. The second-order valence-corrected chi connectivity index (χ2v) is 7.91. The zero-order chi connectivity index (χ0) is 18.3. The number of amides is 1. The standard InChI is InChI=1S/C21H23N3OS/c1-14(2)24-19-10-5-4-9-18(19)22-21(24)15-11-20(25)23(13-15)16-7-6-8-17(12-16)26-3/h4-10,12,14-15H,11,13H2,1-3H3. The number of imidazole rings is 1. The van der Waals surface area contributed by atoms with Crippen molar-refractivity contribution in [1.82, 2.24) is 9.55 Å². The third-order valence-corrected chi connectivity index (χ3v) is 5.72. The lowest BCUT2D eigenvalue weighted by molar-refractivity contribution is -0.117. The van der Waals surface area contributed by atoms with Crippen molar-refractivity contribution in [3.8, 4) is 0 Å². The van der Waals surface area contributed by atoms with Gasteiger partial charge >= 0.3 is 0 Å². The lowest BCUT2D eigenvalue weighted by atomic mass is 10.1.